The van der Waals surface area contributed by atoms with E-state index in [1.54, 1.807) is 54.6 Å². The number of halogens is 2. The molecule has 0 radical (unpaired) electrons. The first-order valence-electron chi connectivity index (χ1n) is 15.4. The highest BCUT2D eigenvalue weighted by atomic mass is 35.5. The number of anilines is 1. The molecule has 0 aliphatic heterocycles. The fourth-order valence-corrected chi connectivity index (χ4v) is 6.88. The summed E-state index contributed by atoms with van der Waals surface area (Å²) in [6.45, 7) is 5.86. The van der Waals surface area contributed by atoms with Gasteiger partial charge in [0.1, 0.15) is 18.3 Å². The minimum absolute atomic E-state index is 0.0265. The van der Waals surface area contributed by atoms with E-state index in [1.165, 1.54) is 17.0 Å². The number of carbonyl (C=O) groups excluding carboxylic acids is 2. The van der Waals surface area contributed by atoms with Gasteiger partial charge in [0.2, 0.25) is 11.8 Å². The van der Waals surface area contributed by atoms with Crippen molar-refractivity contribution in [1.82, 2.24) is 10.2 Å². The van der Waals surface area contributed by atoms with Gasteiger partial charge < -0.3 is 15.0 Å². The van der Waals surface area contributed by atoms with Gasteiger partial charge in [0, 0.05) is 29.6 Å². The predicted molar refractivity (Wildman–Crippen MR) is 188 cm³/mol. The molecular weight excluding hydrogens is 657 g/mol. The summed E-state index contributed by atoms with van der Waals surface area (Å²) in [6, 6.07) is 26.2. The topological polar surface area (TPSA) is 96.0 Å². The monoisotopic (exact) mass is 695 g/mol. The van der Waals surface area contributed by atoms with E-state index in [9.17, 15) is 18.0 Å². The number of benzene rings is 4. The lowest BCUT2D eigenvalue weighted by Gasteiger charge is -2.34. The van der Waals surface area contributed by atoms with Gasteiger partial charge in [-0.05, 0) is 79.9 Å². The molecule has 0 bridgehead atoms. The maximum atomic E-state index is 14.6. The second-order valence-electron chi connectivity index (χ2n) is 11.0. The molecule has 0 aromatic heterocycles. The zero-order valence-corrected chi connectivity index (χ0v) is 29.0. The maximum absolute atomic E-state index is 14.6. The summed E-state index contributed by atoms with van der Waals surface area (Å²) in [7, 11) is -4.23. The Morgan fingerprint density at radius 1 is 0.894 bits per heavy atom. The Balaban J connectivity index is 1.81. The minimum Gasteiger partial charge on any atom is -0.494 e. The molecule has 0 heterocycles. The first-order valence-corrected chi connectivity index (χ1v) is 17.6. The zero-order valence-electron chi connectivity index (χ0n) is 26.7. The molecule has 1 atom stereocenters. The second kappa shape index (κ2) is 16.7. The number of carbonyl (C=O) groups is 2. The van der Waals surface area contributed by atoms with E-state index in [0.29, 0.717) is 40.9 Å². The maximum Gasteiger partial charge on any atom is 0.264 e. The highest BCUT2D eigenvalue weighted by Crippen LogP contribution is 2.28. The number of nitrogens with one attached hydrogen (secondary N) is 1. The van der Waals surface area contributed by atoms with Crippen molar-refractivity contribution >= 4 is 50.7 Å². The van der Waals surface area contributed by atoms with Crippen LogP contribution in [0.15, 0.2) is 102 Å². The summed E-state index contributed by atoms with van der Waals surface area (Å²) >= 11 is 12.7. The van der Waals surface area contributed by atoms with E-state index < -0.39 is 28.5 Å². The highest BCUT2D eigenvalue weighted by Gasteiger charge is 2.35. The van der Waals surface area contributed by atoms with Crippen LogP contribution < -0.4 is 14.4 Å². The molecule has 4 rings (SSSR count). The summed E-state index contributed by atoms with van der Waals surface area (Å²) in [4.78, 5) is 29.8. The largest absolute Gasteiger partial charge is 0.494 e. The van der Waals surface area contributed by atoms with E-state index in [0.717, 1.165) is 15.4 Å². The molecule has 0 saturated heterocycles. The van der Waals surface area contributed by atoms with Crippen LogP contribution in [0.1, 0.15) is 37.0 Å². The van der Waals surface area contributed by atoms with E-state index >= 15 is 0 Å². The minimum atomic E-state index is -4.23. The Kier molecular flexibility index (Phi) is 12.7. The summed E-state index contributed by atoms with van der Waals surface area (Å²) in [5.41, 5.74) is 2.54. The van der Waals surface area contributed by atoms with Crippen LogP contribution in [0.5, 0.6) is 5.75 Å². The zero-order chi connectivity index (χ0) is 34.0. The Morgan fingerprint density at radius 3 is 2.19 bits per heavy atom. The molecule has 2 amide bonds. The Morgan fingerprint density at radius 2 is 1.57 bits per heavy atom. The normalized spacial score (nSPS) is 11.9. The highest BCUT2D eigenvalue weighted by molar-refractivity contribution is 7.92. The standard InChI is InChI=1S/C36H39Cl2N3O5S/c1-4-21-39-36(43)34(22-27-9-7-6-8-10-27)40(24-28-13-14-29(37)23-33(28)38)35(42)25-41(30-15-17-31(18-16-30)46-5-2)47(44,45)32-19-11-26(3)12-20-32/h6-20,23,34H,4-5,21-22,24-25H2,1-3H3,(H,39,43)/t34-/m1/s1. The van der Waals surface area contributed by atoms with Crippen molar-refractivity contribution in [2.45, 2.75) is 51.1 Å². The number of sulfonamides is 1. The van der Waals surface area contributed by atoms with Gasteiger partial charge >= 0.3 is 0 Å². The van der Waals surface area contributed by atoms with Gasteiger partial charge in [-0.2, -0.15) is 0 Å². The van der Waals surface area contributed by atoms with Crippen molar-refractivity contribution in [3.8, 4) is 5.75 Å². The van der Waals surface area contributed by atoms with E-state index in [2.05, 4.69) is 5.32 Å². The third-order valence-electron chi connectivity index (χ3n) is 7.50. The molecule has 1 N–H and O–H groups in total. The summed E-state index contributed by atoms with van der Waals surface area (Å²) in [5, 5.41) is 3.67. The number of nitrogens with zero attached hydrogens (tertiary/aromatic N) is 2. The Hall–Kier alpha value is -4.05. The van der Waals surface area contributed by atoms with Gasteiger partial charge in [-0.15, -0.1) is 0 Å². The molecule has 8 nitrogen and oxygen atoms in total. The van der Waals surface area contributed by atoms with Gasteiger partial charge in [-0.1, -0.05) is 84.2 Å². The molecule has 0 aliphatic carbocycles. The number of aryl methyl sites for hydroxylation is 1. The summed E-state index contributed by atoms with van der Waals surface area (Å²) in [5.74, 6) is -0.388. The molecule has 0 spiro atoms. The molecule has 0 aliphatic rings. The third kappa shape index (κ3) is 9.50. The lowest BCUT2D eigenvalue weighted by atomic mass is 10.0. The number of rotatable bonds is 15. The van der Waals surface area contributed by atoms with Gasteiger partial charge in [0.15, 0.2) is 0 Å². The van der Waals surface area contributed by atoms with Crippen molar-refractivity contribution in [3.05, 3.63) is 124 Å². The van der Waals surface area contributed by atoms with Gasteiger partial charge in [0.05, 0.1) is 17.2 Å². The molecular formula is C36H39Cl2N3O5S. The van der Waals surface area contributed by atoms with Crippen molar-refractivity contribution in [3.63, 3.8) is 0 Å². The van der Waals surface area contributed by atoms with Crippen LogP contribution in [0.4, 0.5) is 5.69 Å². The second-order valence-corrected chi connectivity index (χ2v) is 13.7. The van der Waals surface area contributed by atoms with Crippen molar-refractivity contribution in [2.75, 3.05) is 24.0 Å². The van der Waals surface area contributed by atoms with E-state index in [1.807, 2.05) is 51.1 Å². The average Bonchev–Trinajstić information content (AvgIpc) is 3.06. The van der Waals surface area contributed by atoms with Crippen LogP contribution in [0.25, 0.3) is 0 Å². The molecule has 0 saturated carbocycles. The fraction of sp³-hybridized carbons (Fsp3) is 0.278. The molecule has 47 heavy (non-hydrogen) atoms. The lowest BCUT2D eigenvalue weighted by Crippen LogP contribution is -2.53. The molecule has 4 aromatic rings. The van der Waals surface area contributed by atoms with Crippen molar-refractivity contribution < 1.29 is 22.7 Å². The SMILES string of the molecule is CCCNC(=O)[C@@H](Cc1ccccc1)N(Cc1ccc(Cl)cc1Cl)C(=O)CN(c1ccc(OCC)cc1)S(=O)(=O)c1ccc(C)cc1. The smallest absolute Gasteiger partial charge is 0.264 e. The van der Waals surface area contributed by atoms with Crippen LogP contribution in [-0.2, 0) is 32.6 Å². The third-order valence-corrected chi connectivity index (χ3v) is 9.87. The predicted octanol–water partition coefficient (Wildman–Crippen LogP) is 7.06. The van der Waals surface area contributed by atoms with Crippen LogP contribution in [0.2, 0.25) is 10.0 Å². The van der Waals surface area contributed by atoms with E-state index in [-0.39, 0.29) is 29.5 Å². The first-order chi connectivity index (χ1) is 22.5. The van der Waals surface area contributed by atoms with E-state index in [4.69, 9.17) is 27.9 Å². The van der Waals surface area contributed by atoms with Crippen LogP contribution in [0.3, 0.4) is 0 Å². The lowest BCUT2D eigenvalue weighted by molar-refractivity contribution is -0.140. The number of amides is 2. The average molecular weight is 697 g/mol. The Bertz CT molecular complexity index is 1750. The van der Waals surface area contributed by atoms with Crippen LogP contribution in [0, 0.1) is 6.92 Å². The molecule has 11 heteroatoms. The number of ether oxygens (including phenoxy) is 1. The fourth-order valence-electron chi connectivity index (χ4n) is 4.99. The van der Waals surface area contributed by atoms with Crippen molar-refractivity contribution in [1.29, 1.82) is 0 Å². The summed E-state index contributed by atoms with van der Waals surface area (Å²) in [6.07, 6.45) is 0.891. The molecule has 248 valence electrons. The molecule has 0 unspecified atom stereocenters. The summed E-state index contributed by atoms with van der Waals surface area (Å²) < 4.78 is 35.0. The molecule has 0 fully saturated rings. The number of hydrogen-bond donors (Lipinski definition) is 1. The van der Waals surface area contributed by atoms with Crippen LogP contribution in [-0.4, -0.2) is 50.9 Å². The quantitative estimate of drug-likeness (QED) is 0.144. The van der Waals surface area contributed by atoms with Crippen molar-refractivity contribution in [2.24, 2.45) is 0 Å². The van der Waals surface area contributed by atoms with Gasteiger partial charge in [0.25, 0.3) is 10.0 Å². The van der Waals surface area contributed by atoms with Gasteiger partial charge in [-0.3, -0.25) is 13.9 Å². The molecule has 4 aromatic carbocycles. The first kappa shape index (κ1) is 35.8. The Labute approximate surface area is 287 Å². The van der Waals surface area contributed by atoms with Gasteiger partial charge in [-0.25, -0.2) is 8.42 Å². The number of hydrogen-bond acceptors (Lipinski definition) is 5. The van der Waals surface area contributed by atoms with Crippen LogP contribution >= 0.6 is 23.2 Å².